The summed E-state index contributed by atoms with van der Waals surface area (Å²) in [6, 6.07) is 14.8. The van der Waals surface area contributed by atoms with Crippen LogP contribution < -0.4 is 10.2 Å². The van der Waals surface area contributed by atoms with Crippen LogP contribution in [0.25, 0.3) is 0 Å². The Kier molecular flexibility index (Phi) is 5.89. The zero-order valence-electron chi connectivity index (χ0n) is 14.1. The fourth-order valence-corrected chi connectivity index (χ4v) is 2.48. The van der Waals surface area contributed by atoms with Crippen LogP contribution in [-0.2, 0) is 9.59 Å². The molecule has 0 aromatic heterocycles. The number of anilines is 2. The molecule has 0 saturated carbocycles. The van der Waals surface area contributed by atoms with E-state index in [1.165, 1.54) is 11.8 Å². The van der Waals surface area contributed by atoms with Gasteiger partial charge in [0, 0.05) is 16.9 Å². The first-order valence-corrected chi connectivity index (χ1v) is 7.85. The molecule has 0 unspecified atom stereocenters. The van der Waals surface area contributed by atoms with Crippen molar-refractivity contribution in [2.45, 2.75) is 19.9 Å². The SMILES string of the molecule is CC(=O)c1ccccc1N[C@@H](C)C(=O)N(CC(=O)O)c1ccccc1. The van der Waals surface area contributed by atoms with E-state index in [1.807, 2.05) is 0 Å². The average molecular weight is 340 g/mol. The lowest BCUT2D eigenvalue weighted by molar-refractivity contribution is -0.136. The molecule has 0 spiro atoms. The fourth-order valence-electron chi connectivity index (χ4n) is 2.48. The van der Waals surface area contributed by atoms with Crippen molar-refractivity contribution >= 4 is 29.0 Å². The smallest absolute Gasteiger partial charge is 0.323 e. The van der Waals surface area contributed by atoms with Crippen LogP contribution >= 0.6 is 0 Å². The van der Waals surface area contributed by atoms with Gasteiger partial charge in [0.1, 0.15) is 12.6 Å². The van der Waals surface area contributed by atoms with Crippen molar-refractivity contribution in [2.24, 2.45) is 0 Å². The number of carboxylic acids is 1. The van der Waals surface area contributed by atoms with Gasteiger partial charge in [-0.2, -0.15) is 0 Å². The van der Waals surface area contributed by atoms with Crippen molar-refractivity contribution in [3.05, 3.63) is 60.2 Å². The van der Waals surface area contributed by atoms with Gasteiger partial charge in [-0.1, -0.05) is 30.3 Å². The lowest BCUT2D eigenvalue weighted by Crippen LogP contribution is -2.44. The summed E-state index contributed by atoms with van der Waals surface area (Å²) in [5.41, 5.74) is 1.52. The maximum atomic E-state index is 12.8. The van der Waals surface area contributed by atoms with E-state index >= 15 is 0 Å². The average Bonchev–Trinajstić information content (AvgIpc) is 2.60. The van der Waals surface area contributed by atoms with Gasteiger partial charge in [-0.3, -0.25) is 19.3 Å². The number of hydrogen-bond acceptors (Lipinski definition) is 4. The maximum Gasteiger partial charge on any atom is 0.323 e. The topological polar surface area (TPSA) is 86.7 Å². The molecule has 2 aromatic rings. The van der Waals surface area contributed by atoms with Gasteiger partial charge in [-0.05, 0) is 38.1 Å². The molecule has 0 aliphatic carbocycles. The van der Waals surface area contributed by atoms with Crippen molar-refractivity contribution in [1.82, 2.24) is 0 Å². The molecular weight excluding hydrogens is 320 g/mol. The van der Waals surface area contributed by atoms with E-state index in [-0.39, 0.29) is 5.78 Å². The predicted octanol–water partition coefficient (Wildman–Crippen LogP) is 2.81. The highest BCUT2D eigenvalue weighted by Gasteiger charge is 2.24. The molecule has 0 aliphatic heterocycles. The van der Waals surface area contributed by atoms with E-state index in [0.29, 0.717) is 16.9 Å². The Hall–Kier alpha value is -3.15. The van der Waals surface area contributed by atoms with Gasteiger partial charge in [0.2, 0.25) is 5.91 Å². The summed E-state index contributed by atoms with van der Waals surface area (Å²) >= 11 is 0. The number of carbonyl (C=O) groups is 3. The summed E-state index contributed by atoms with van der Waals surface area (Å²) in [6.45, 7) is 2.65. The second kappa shape index (κ2) is 8.10. The normalized spacial score (nSPS) is 11.4. The zero-order valence-corrected chi connectivity index (χ0v) is 14.1. The summed E-state index contributed by atoms with van der Waals surface area (Å²) in [5.74, 6) is -1.62. The second-order valence-electron chi connectivity index (χ2n) is 5.62. The van der Waals surface area contributed by atoms with E-state index in [2.05, 4.69) is 5.32 Å². The van der Waals surface area contributed by atoms with E-state index in [4.69, 9.17) is 5.11 Å². The number of aliphatic carboxylic acids is 1. The molecule has 1 amide bonds. The van der Waals surface area contributed by atoms with E-state index in [1.54, 1.807) is 61.5 Å². The predicted molar refractivity (Wildman–Crippen MR) is 96.0 cm³/mol. The minimum absolute atomic E-state index is 0.117. The van der Waals surface area contributed by atoms with Gasteiger partial charge in [0.05, 0.1) is 0 Å². The highest BCUT2D eigenvalue weighted by Crippen LogP contribution is 2.19. The van der Waals surface area contributed by atoms with E-state index < -0.39 is 24.5 Å². The summed E-state index contributed by atoms with van der Waals surface area (Å²) in [7, 11) is 0. The number of ketones is 1. The number of rotatable bonds is 7. The van der Waals surface area contributed by atoms with Crippen molar-refractivity contribution < 1.29 is 19.5 Å². The zero-order chi connectivity index (χ0) is 18.4. The lowest BCUT2D eigenvalue weighted by Gasteiger charge is -2.25. The van der Waals surface area contributed by atoms with Gasteiger partial charge in [0.25, 0.3) is 0 Å². The van der Waals surface area contributed by atoms with E-state index in [0.717, 1.165) is 0 Å². The third kappa shape index (κ3) is 4.67. The van der Waals surface area contributed by atoms with Crippen molar-refractivity contribution in [2.75, 3.05) is 16.8 Å². The monoisotopic (exact) mass is 340 g/mol. The Morgan fingerprint density at radius 3 is 2.24 bits per heavy atom. The van der Waals surface area contributed by atoms with Crippen molar-refractivity contribution in [3.8, 4) is 0 Å². The Bertz CT molecular complexity index is 774. The van der Waals surface area contributed by atoms with Crippen LogP contribution in [-0.4, -0.2) is 35.4 Å². The van der Waals surface area contributed by atoms with Crippen molar-refractivity contribution in [3.63, 3.8) is 0 Å². The molecule has 0 heterocycles. The molecule has 0 saturated heterocycles. The molecular formula is C19H20N2O4. The summed E-state index contributed by atoms with van der Waals surface area (Å²) < 4.78 is 0. The number of carboxylic acid groups (broad SMARTS) is 1. The largest absolute Gasteiger partial charge is 0.480 e. The number of Topliss-reactive ketones (excluding diaryl/α,β-unsaturated/α-hetero) is 1. The Morgan fingerprint density at radius 1 is 1.04 bits per heavy atom. The minimum Gasteiger partial charge on any atom is -0.480 e. The van der Waals surface area contributed by atoms with Crippen molar-refractivity contribution in [1.29, 1.82) is 0 Å². The fraction of sp³-hybridized carbons (Fsp3) is 0.211. The van der Waals surface area contributed by atoms with Gasteiger partial charge < -0.3 is 10.4 Å². The van der Waals surface area contributed by atoms with Gasteiger partial charge in [0.15, 0.2) is 5.78 Å². The van der Waals surface area contributed by atoms with Gasteiger partial charge in [-0.25, -0.2) is 0 Å². The van der Waals surface area contributed by atoms with Crippen LogP contribution in [0.3, 0.4) is 0 Å². The quantitative estimate of drug-likeness (QED) is 0.757. The number of hydrogen-bond donors (Lipinski definition) is 2. The molecule has 0 radical (unpaired) electrons. The maximum absolute atomic E-state index is 12.8. The molecule has 0 fully saturated rings. The molecule has 0 bridgehead atoms. The Morgan fingerprint density at radius 2 is 1.64 bits per heavy atom. The standard InChI is InChI=1S/C19H20N2O4/c1-13(20-17-11-7-6-10-16(17)14(2)22)19(25)21(12-18(23)24)15-8-4-3-5-9-15/h3-11,13,20H,12H2,1-2H3,(H,23,24)/t13-/m0/s1. The van der Waals surface area contributed by atoms with Gasteiger partial charge in [-0.15, -0.1) is 0 Å². The molecule has 2 N–H and O–H groups in total. The van der Waals surface area contributed by atoms with E-state index in [9.17, 15) is 14.4 Å². The Balaban J connectivity index is 2.24. The van der Waals surface area contributed by atoms with Crippen LogP contribution in [0, 0.1) is 0 Å². The molecule has 25 heavy (non-hydrogen) atoms. The first-order valence-electron chi connectivity index (χ1n) is 7.85. The number of para-hydroxylation sites is 2. The third-order valence-corrected chi connectivity index (χ3v) is 3.68. The molecule has 130 valence electrons. The summed E-state index contributed by atoms with van der Waals surface area (Å²) in [4.78, 5) is 36.8. The number of carbonyl (C=O) groups excluding carboxylic acids is 2. The molecule has 0 aliphatic rings. The Labute approximate surface area is 146 Å². The molecule has 2 aromatic carbocycles. The number of nitrogens with zero attached hydrogens (tertiary/aromatic N) is 1. The summed E-state index contributed by atoms with van der Waals surface area (Å²) in [6.07, 6.45) is 0. The minimum atomic E-state index is -1.10. The number of benzene rings is 2. The van der Waals surface area contributed by atoms with Crippen LogP contribution in [0.15, 0.2) is 54.6 Å². The highest BCUT2D eigenvalue weighted by atomic mass is 16.4. The second-order valence-corrected chi connectivity index (χ2v) is 5.62. The summed E-state index contributed by atoms with van der Waals surface area (Å²) in [5, 5.41) is 12.1. The van der Waals surface area contributed by atoms with Crippen LogP contribution in [0.2, 0.25) is 0 Å². The molecule has 2 rings (SSSR count). The first-order chi connectivity index (χ1) is 11.9. The number of amides is 1. The third-order valence-electron chi connectivity index (χ3n) is 3.68. The molecule has 6 nitrogen and oxygen atoms in total. The highest BCUT2D eigenvalue weighted by molar-refractivity contribution is 6.03. The molecule has 1 atom stereocenters. The van der Waals surface area contributed by atoms with Crippen LogP contribution in [0.5, 0.6) is 0 Å². The van der Waals surface area contributed by atoms with Crippen LogP contribution in [0.4, 0.5) is 11.4 Å². The van der Waals surface area contributed by atoms with Crippen LogP contribution in [0.1, 0.15) is 24.2 Å². The molecule has 6 heteroatoms. The lowest BCUT2D eigenvalue weighted by atomic mass is 10.1. The number of nitrogens with one attached hydrogen (secondary N) is 1. The first kappa shape index (κ1) is 18.2. The van der Waals surface area contributed by atoms with Gasteiger partial charge >= 0.3 is 5.97 Å².